The van der Waals surface area contributed by atoms with Crippen molar-refractivity contribution in [2.75, 3.05) is 13.1 Å². The van der Waals surface area contributed by atoms with Crippen LogP contribution in [0.4, 0.5) is 0 Å². The molecule has 0 bridgehead atoms. The highest BCUT2D eigenvalue weighted by molar-refractivity contribution is 5.81. The SMILES string of the molecule is CCCCCN(CC1CCCCCC1=O)C(C)C. The van der Waals surface area contributed by atoms with Crippen LogP contribution in [0.5, 0.6) is 0 Å². The van der Waals surface area contributed by atoms with Crippen LogP contribution in [0.25, 0.3) is 0 Å². The van der Waals surface area contributed by atoms with Crippen molar-refractivity contribution in [2.45, 2.75) is 78.2 Å². The van der Waals surface area contributed by atoms with E-state index in [9.17, 15) is 4.79 Å². The number of ketones is 1. The van der Waals surface area contributed by atoms with Crippen molar-refractivity contribution in [3.05, 3.63) is 0 Å². The Labute approximate surface area is 113 Å². The first-order valence-corrected chi connectivity index (χ1v) is 7.92. The quantitative estimate of drug-likeness (QED) is 0.504. The van der Waals surface area contributed by atoms with Gasteiger partial charge in [-0.2, -0.15) is 0 Å². The number of carbonyl (C=O) groups is 1. The molecule has 1 aliphatic rings. The lowest BCUT2D eigenvalue weighted by molar-refractivity contribution is -0.123. The van der Waals surface area contributed by atoms with Gasteiger partial charge < -0.3 is 4.90 Å². The van der Waals surface area contributed by atoms with Gasteiger partial charge in [0.05, 0.1) is 0 Å². The van der Waals surface area contributed by atoms with Crippen molar-refractivity contribution in [1.29, 1.82) is 0 Å². The molecule has 1 atom stereocenters. The number of unbranched alkanes of at least 4 members (excludes halogenated alkanes) is 2. The molecule has 0 aromatic heterocycles. The molecule has 0 spiro atoms. The highest BCUT2D eigenvalue weighted by Crippen LogP contribution is 2.22. The topological polar surface area (TPSA) is 20.3 Å². The summed E-state index contributed by atoms with van der Waals surface area (Å²) in [4.78, 5) is 14.6. The summed E-state index contributed by atoms with van der Waals surface area (Å²) in [6, 6.07) is 0.568. The third-order valence-corrected chi connectivity index (χ3v) is 4.17. The van der Waals surface area contributed by atoms with E-state index in [0.717, 1.165) is 32.4 Å². The van der Waals surface area contributed by atoms with Gasteiger partial charge in [0.2, 0.25) is 0 Å². The lowest BCUT2D eigenvalue weighted by Gasteiger charge is -2.29. The molecule has 106 valence electrons. The maximum Gasteiger partial charge on any atom is 0.137 e. The van der Waals surface area contributed by atoms with Gasteiger partial charge in [0.25, 0.3) is 0 Å². The minimum absolute atomic E-state index is 0.316. The predicted octanol–water partition coefficient (Wildman–Crippen LogP) is 4.04. The molecule has 0 saturated heterocycles. The molecule has 2 heteroatoms. The maximum absolute atomic E-state index is 12.1. The minimum Gasteiger partial charge on any atom is -0.300 e. The summed E-state index contributed by atoms with van der Waals surface area (Å²) in [6.07, 6.45) is 9.41. The van der Waals surface area contributed by atoms with Crippen molar-refractivity contribution in [2.24, 2.45) is 5.92 Å². The monoisotopic (exact) mass is 253 g/mol. The average Bonchev–Trinajstić information content (AvgIpc) is 2.53. The van der Waals surface area contributed by atoms with Gasteiger partial charge in [-0.05, 0) is 39.7 Å². The fraction of sp³-hybridized carbons (Fsp3) is 0.938. The third kappa shape index (κ3) is 5.51. The van der Waals surface area contributed by atoms with Crippen LogP contribution in [0, 0.1) is 5.92 Å². The van der Waals surface area contributed by atoms with E-state index in [1.807, 2.05) is 0 Å². The van der Waals surface area contributed by atoms with Gasteiger partial charge in [-0.25, -0.2) is 0 Å². The van der Waals surface area contributed by atoms with Crippen LogP contribution in [0.1, 0.15) is 72.1 Å². The van der Waals surface area contributed by atoms with E-state index in [1.165, 1.54) is 32.1 Å². The van der Waals surface area contributed by atoms with Crippen LogP contribution in [0.15, 0.2) is 0 Å². The fourth-order valence-electron chi connectivity index (χ4n) is 2.83. The van der Waals surface area contributed by atoms with Crippen molar-refractivity contribution < 1.29 is 4.79 Å². The first-order chi connectivity index (χ1) is 8.65. The molecule has 2 nitrogen and oxygen atoms in total. The zero-order chi connectivity index (χ0) is 13.4. The number of hydrogen-bond acceptors (Lipinski definition) is 2. The Balaban J connectivity index is 2.44. The molecule has 1 fully saturated rings. The summed E-state index contributed by atoms with van der Waals surface area (Å²) in [5.74, 6) is 0.838. The number of hydrogen-bond donors (Lipinski definition) is 0. The Kier molecular flexibility index (Phi) is 7.57. The predicted molar refractivity (Wildman–Crippen MR) is 77.8 cm³/mol. The first kappa shape index (κ1) is 15.7. The second-order valence-electron chi connectivity index (χ2n) is 6.06. The molecular weight excluding hydrogens is 222 g/mol. The van der Waals surface area contributed by atoms with E-state index in [4.69, 9.17) is 0 Å². The van der Waals surface area contributed by atoms with Crippen LogP contribution in [0.2, 0.25) is 0 Å². The molecule has 1 aliphatic carbocycles. The van der Waals surface area contributed by atoms with Crippen LogP contribution in [-0.4, -0.2) is 29.8 Å². The molecule has 0 aromatic carbocycles. The van der Waals surface area contributed by atoms with Crippen LogP contribution in [-0.2, 0) is 4.79 Å². The molecule has 18 heavy (non-hydrogen) atoms. The number of Topliss-reactive ketones (excluding diaryl/α,β-unsaturated/α-hetero) is 1. The van der Waals surface area contributed by atoms with E-state index < -0.39 is 0 Å². The Morgan fingerprint density at radius 2 is 2.00 bits per heavy atom. The fourth-order valence-corrected chi connectivity index (χ4v) is 2.83. The lowest BCUT2D eigenvalue weighted by atomic mass is 9.97. The van der Waals surface area contributed by atoms with Gasteiger partial charge in [-0.1, -0.05) is 32.6 Å². The molecule has 1 unspecified atom stereocenters. The zero-order valence-corrected chi connectivity index (χ0v) is 12.6. The Morgan fingerprint density at radius 3 is 2.67 bits per heavy atom. The van der Waals surface area contributed by atoms with Gasteiger partial charge in [0, 0.05) is 24.9 Å². The number of nitrogens with zero attached hydrogens (tertiary/aromatic N) is 1. The molecule has 0 N–H and O–H groups in total. The standard InChI is InChI=1S/C16H31NO/c1-4-5-9-12-17(14(2)3)13-15-10-7-6-8-11-16(15)18/h14-15H,4-13H2,1-3H3. The van der Waals surface area contributed by atoms with Gasteiger partial charge in [0.15, 0.2) is 0 Å². The van der Waals surface area contributed by atoms with Crippen LogP contribution >= 0.6 is 0 Å². The molecule has 0 heterocycles. The summed E-state index contributed by atoms with van der Waals surface area (Å²) in [5.41, 5.74) is 0. The normalized spacial score (nSPS) is 21.6. The number of rotatable bonds is 7. The summed E-state index contributed by atoms with van der Waals surface area (Å²) in [7, 11) is 0. The maximum atomic E-state index is 12.1. The Morgan fingerprint density at radius 1 is 1.22 bits per heavy atom. The zero-order valence-electron chi connectivity index (χ0n) is 12.6. The molecule has 0 aromatic rings. The second-order valence-corrected chi connectivity index (χ2v) is 6.06. The third-order valence-electron chi connectivity index (χ3n) is 4.17. The molecule has 0 radical (unpaired) electrons. The van der Waals surface area contributed by atoms with Crippen LogP contribution < -0.4 is 0 Å². The van der Waals surface area contributed by atoms with Gasteiger partial charge in [0.1, 0.15) is 5.78 Å². The Hall–Kier alpha value is -0.370. The summed E-state index contributed by atoms with van der Waals surface area (Å²) in [5, 5.41) is 0. The smallest absolute Gasteiger partial charge is 0.137 e. The number of carbonyl (C=O) groups excluding carboxylic acids is 1. The van der Waals surface area contributed by atoms with Crippen molar-refractivity contribution in [3.8, 4) is 0 Å². The van der Waals surface area contributed by atoms with E-state index in [1.54, 1.807) is 0 Å². The van der Waals surface area contributed by atoms with Crippen LogP contribution in [0.3, 0.4) is 0 Å². The lowest BCUT2D eigenvalue weighted by Crippen LogP contribution is -2.38. The second kappa shape index (κ2) is 8.68. The highest BCUT2D eigenvalue weighted by atomic mass is 16.1. The van der Waals surface area contributed by atoms with Crippen molar-refractivity contribution >= 4 is 5.78 Å². The van der Waals surface area contributed by atoms with E-state index in [0.29, 0.717) is 17.7 Å². The van der Waals surface area contributed by atoms with Gasteiger partial charge in [-0.15, -0.1) is 0 Å². The summed E-state index contributed by atoms with van der Waals surface area (Å²) >= 11 is 0. The van der Waals surface area contributed by atoms with Crippen molar-refractivity contribution in [1.82, 2.24) is 4.90 Å². The largest absolute Gasteiger partial charge is 0.300 e. The molecular formula is C16H31NO. The first-order valence-electron chi connectivity index (χ1n) is 7.92. The average molecular weight is 253 g/mol. The van der Waals surface area contributed by atoms with E-state index >= 15 is 0 Å². The minimum atomic E-state index is 0.316. The van der Waals surface area contributed by atoms with E-state index in [-0.39, 0.29) is 0 Å². The molecule has 0 aliphatic heterocycles. The summed E-state index contributed by atoms with van der Waals surface area (Å²) < 4.78 is 0. The van der Waals surface area contributed by atoms with Gasteiger partial charge in [-0.3, -0.25) is 4.79 Å². The molecule has 1 saturated carbocycles. The van der Waals surface area contributed by atoms with Crippen molar-refractivity contribution in [3.63, 3.8) is 0 Å². The van der Waals surface area contributed by atoms with E-state index in [2.05, 4.69) is 25.7 Å². The van der Waals surface area contributed by atoms with Gasteiger partial charge >= 0.3 is 0 Å². The molecule has 0 amide bonds. The Bertz CT molecular complexity index is 237. The highest BCUT2D eigenvalue weighted by Gasteiger charge is 2.23. The molecule has 1 rings (SSSR count). The summed E-state index contributed by atoms with van der Waals surface area (Å²) in [6.45, 7) is 8.92.